The van der Waals surface area contributed by atoms with E-state index in [1.54, 1.807) is 12.1 Å². The van der Waals surface area contributed by atoms with Crippen LogP contribution in [0.5, 0.6) is 0 Å². The molecule has 1 fully saturated rings. The van der Waals surface area contributed by atoms with Crippen molar-refractivity contribution in [3.8, 4) is 0 Å². The largest absolute Gasteiger partial charge is 0.478 e. The molecule has 6 nitrogen and oxygen atoms in total. The summed E-state index contributed by atoms with van der Waals surface area (Å²) in [5.74, 6) is -1.23. The molecule has 1 heterocycles. The van der Waals surface area contributed by atoms with Gasteiger partial charge in [0.15, 0.2) is 0 Å². The van der Waals surface area contributed by atoms with Crippen LogP contribution >= 0.6 is 0 Å². The van der Waals surface area contributed by atoms with Gasteiger partial charge in [-0.3, -0.25) is 9.69 Å². The van der Waals surface area contributed by atoms with Crippen LogP contribution in [0.15, 0.2) is 78.9 Å². The molecule has 3 aromatic carbocycles. The number of anilines is 2. The Bertz CT molecular complexity index is 1040. The third-order valence-corrected chi connectivity index (χ3v) is 5.80. The Labute approximate surface area is 188 Å². The lowest BCUT2D eigenvalue weighted by Crippen LogP contribution is -2.48. The molecular weight excluding hydrogens is 402 g/mol. The normalized spacial score (nSPS) is 14.4. The van der Waals surface area contributed by atoms with Crippen LogP contribution in [0.25, 0.3) is 0 Å². The molecular formula is C26H27N3O3. The summed E-state index contributed by atoms with van der Waals surface area (Å²) in [6.07, 6.45) is 0. The van der Waals surface area contributed by atoms with Crippen molar-refractivity contribution in [3.63, 3.8) is 0 Å². The minimum atomic E-state index is -0.999. The van der Waals surface area contributed by atoms with Crippen molar-refractivity contribution in [3.05, 3.63) is 95.6 Å². The van der Waals surface area contributed by atoms with Crippen LogP contribution in [-0.4, -0.2) is 48.1 Å². The topological polar surface area (TPSA) is 72.9 Å². The first-order chi connectivity index (χ1) is 15.5. The molecule has 164 valence electrons. The van der Waals surface area contributed by atoms with Crippen molar-refractivity contribution in [2.45, 2.75) is 13.0 Å². The number of rotatable bonds is 6. The SMILES string of the molecule is CC(=O)Nc1ccc(N2CCN(C(c3ccccc3)c3ccccc3)CC2)c(C(=O)O)c1. The number of nitrogens with one attached hydrogen (secondary N) is 1. The van der Waals surface area contributed by atoms with E-state index in [4.69, 9.17) is 0 Å². The number of nitrogens with zero attached hydrogens (tertiary/aromatic N) is 2. The smallest absolute Gasteiger partial charge is 0.337 e. The molecule has 0 unspecified atom stereocenters. The van der Waals surface area contributed by atoms with Gasteiger partial charge >= 0.3 is 5.97 Å². The van der Waals surface area contributed by atoms with Crippen molar-refractivity contribution in [2.75, 3.05) is 36.4 Å². The Kier molecular flexibility index (Phi) is 6.52. The maximum atomic E-state index is 11.9. The second-order valence-electron chi connectivity index (χ2n) is 7.97. The van der Waals surface area contributed by atoms with Gasteiger partial charge in [0.1, 0.15) is 0 Å². The van der Waals surface area contributed by atoms with Crippen LogP contribution in [-0.2, 0) is 4.79 Å². The number of amides is 1. The van der Waals surface area contributed by atoms with Crippen LogP contribution in [0.3, 0.4) is 0 Å². The Morgan fingerprint density at radius 1 is 0.844 bits per heavy atom. The van der Waals surface area contributed by atoms with Gasteiger partial charge in [0.25, 0.3) is 0 Å². The van der Waals surface area contributed by atoms with Gasteiger partial charge in [-0.2, -0.15) is 0 Å². The van der Waals surface area contributed by atoms with Crippen molar-refractivity contribution < 1.29 is 14.7 Å². The quantitative estimate of drug-likeness (QED) is 0.613. The molecule has 6 heteroatoms. The van der Waals surface area contributed by atoms with Crippen LogP contribution in [0.2, 0.25) is 0 Å². The zero-order chi connectivity index (χ0) is 22.5. The van der Waals surface area contributed by atoms with Crippen molar-refractivity contribution in [2.24, 2.45) is 0 Å². The molecule has 0 aromatic heterocycles. The Morgan fingerprint density at radius 3 is 1.91 bits per heavy atom. The molecule has 0 spiro atoms. The van der Waals surface area contributed by atoms with E-state index in [-0.39, 0.29) is 17.5 Å². The van der Waals surface area contributed by atoms with Crippen LogP contribution in [0, 0.1) is 0 Å². The summed E-state index contributed by atoms with van der Waals surface area (Å²) >= 11 is 0. The second kappa shape index (κ2) is 9.66. The third kappa shape index (κ3) is 4.81. The highest BCUT2D eigenvalue weighted by molar-refractivity contribution is 5.97. The van der Waals surface area contributed by atoms with Gasteiger partial charge in [0, 0.05) is 38.8 Å². The summed E-state index contributed by atoms with van der Waals surface area (Å²) < 4.78 is 0. The lowest BCUT2D eigenvalue weighted by Gasteiger charge is -2.41. The Morgan fingerprint density at radius 2 is 1.41 bits per heavy atom. The number of hydrogen-bond donors (Lipinski definition) is 2. The third-order valence-electron chi connectivity index (χ3n) is 5.80. The fourth-order valence-corrected chi connectivity index (χ4v) is 4.37. The van der Waals surface area contributed by atoms with Crippen LogP contribution in [0.4, 0.5) is 11.4 Å². The summed E-state index contributed by atoms with van der Waals surface area (Å²) in [6.45, 7) is 4.46. The molecule has 1 aliphatic rings. The number of piperazine rings is 1. The number of hydrogen-bond acceptors (Lipinski definition) is 4. The van der Waals surface area contributed by atoms with Gasteiger partial charge < -0.3 is 15.3 Å². The lowest BCUT2D eigenvalue weighted by molar-refractivity contribution is -0.114. The molecule has 1 amide bonds. The monoisotopic (exact) mass is 429 g/mol. The van der Waals surface area contributed by atoms with Gasteiger partial charge in [0.2, 0.25) is 5.91 Å². The van der Waals surface area contributed by atoms with E-state index < -0.39 is 5.97 Å². The van der Waals surface area contributed by atoms with E-state index >= 15 is 0 Å². The van der Waals surface area contributed by atoms with Gasteiger partial charge in [-0.25, -0.2) is 4.79 Å². The highest BCUT2D eigenvalue weighted by Crippen LogP contribution is 2.31. The maximum absolute atomic E-state index is 11.9. The standard InChI is InChI=1S/C26H27N3O3/c1-19(30)27-22-12-13-24(23(18-22)26(31)32)28-14-16-29(17-15-28)25(20-8-4-2-5-9-20)21-10-6-3-7-11-21/h2-13,18,25H,14-17H2,1H3,(H,27,30)(H,31,32). The first-order valence-corrected chi connectivity index (χ1v) is 10.8. The van der Waals surface area contributed by atoms with E-state index in [2.05, 4.69) is 63.6 Å². The lowest BCUT2D eigenvalue weighted by atomic mass is 9.96. The Balaban J connectivity index is 1.55. The van der Waals surface area contributed by atoms with Gasteiger partial charge in [0.05, 0.1) is 17.3 Å². The number of carboxylic acids is 1. The number of carboxylic acid groups (broad SMARTS) is 1. The molecule has 1 saturated heterocycles. The van der Waals surface area contributed by atoms with Gasteiger partial charge in [-0.05, 0) is 29.3 Å². The maximum Gasteiger partial charge on any atom is 0.337 e. The van der Waals surface area contributed by atoms with Crippen molar-refractivity contribution in [1.29, 1.82) is 0 Å². The number of benzene rings is 3. The zero-order valence-electron chi connectivity index (χ0n) is 18.1. The fraction of sp³-hybridized carbons (Fsp3) is 0.231. The summed E-state index contributed by atoms with van der Waals surface area (Å²) in [6, 6.07) is 26.2. The predicted octanol–water partition coefficient (Wildman–Crippen LogP) is 4.25. The van der Waals surface area contributed by atoms with Gasteiger partial charge in [-0.1, -0.05) is 60.7 Å². The minimum Gasteiger partial charge on any atom is -0.478 e. The molecule has 0 saturated carbocycles. The molecule has 3 aromatic rings. The molecule has 2 N–H and O–H groups in total. The second-order valence-corrected chi connectivity index (χ2v) is 7.97. The van der Waals surface area contributed by atoms with Crippen LogP contribution < -0.4 is 10.2 Å². The molecule has 4 rings (SSSR count). The highest BCUT2D eigenvalue weighted by atomic mass is 16.4. The summed E-state index contributed by atoms with van der Waals surface area (Å²) in [5.41, 5.74) is 3.87. The fourth-order valence-electron chi connectivity index (χ4n) is 4.37. The number of carbonyl (C=O) groups excluding carboxylic acids is 1. The molecule has 0 radical (unpaired) electrons. The Hall–Kier alpha value is -3.64. The predicted molar refractivity (Wildman–Crippen MR) is 126 cm³/mol. The molecule has 1 aliphatic heterocycles. The molecule has 0 aliphatic carbocycles. The first-order valence-electron chi connectivity index (χ1n) is 10.8. The van der Waals surface area contributed by atoms with E-state index in [0.29, 0.717) is 11.4 Å². The van der Waals surface area contributed by atoms with E-state index in [1.807, 2.05) is 12.1 Å². The summed E-state index contributed by atoms with van der Waals surface area (Å²) in [5, 5.41) is 12.4. The summed E-state index contributed by atoms with van der Waals surface area (Å²) in [4.78, 5) is 27.8. The number of aromatic carboxylic acids is 1. The van der Waals surface area contributed by atoms with Crippen molar-refractivity contribution in [1.82, 2.24) is 4.90 Å². The van der Waals surface area contributed by atoms with Gasteiger partial charge in [-0.15, -0.1) is 0 Å². The average molecular weight is 430 g/mol. The highest BCUT2D eigenvalue weighted by Gasteiger charge is 2.28. The average Bonchev–Trinajstić information content (AvgIpc) is 2.81. The molecule has 0 atom stereocenters. The number of carbonyl (C=O) groups is 2. The van der Waals surface area contributed by atoms with Crippen LogP contribution in [0.1, 0.15) is 34.5 Å². The first kappa shape index (κ1) is 21.6. The zero-order valence-corrected chi connectivity index (χ0v) is 18.1. The summed E-state index contributed by atoms with van der Waals surface area (Å²) in [7, 11) is 0. The van der Waals surface area contributed by atoms with E-state index in [1.165, 1.54) is 24.1 Å². The van der Waals surface area contributed by atoms with Crippen molar-refractivity contribution >= 4 is 23.3 Å². The van der Waals surface area contributed by atoms with E-state index in [9.17, 15) is 14.7 Å². The molecule has 0 bridgehead atoms. The molecule has 32 heavy (non-hydrogen) atoms. The minimum absolute atomic E-state index is 0.153. The van der Waals surface area contributed by atoms with E-state index in [0.717, 1.165) is 26.2 Å².